The molecule has 2 aromatic carbocycles. The number of rotatable bonds is 5. The van der Waals surface area contributed by atoms with Crippen molar-refractivity contribution in [2.24, 2.45) is 0 Å². The maximum Gasteiger partial charge on any atom is 0.249 e. The van der Waals surface area contributed by atoms with Crippen LogP contribution < -0.4 is 10.6 Å². The number of benzene rings is 2. The number of hydrogen-bond acceptors (Lipinski definition) is 5. The van der Waals surface area contributed by atoms with Crippen molar-refractivity contribution in [1.29, 1.82) is 0 Å². The van der Waals surface area contributed by atoms with Gasteiger partial charge in [0.2, 0.25) is 5.95 Å². The summed E-state index contributed by atoms with van der Waals surface area (Å²) in [5.41, 5.74) is 4.33. The molecule has 128 valence electrons. The van der Waals surface area contributed by atoms with E-state index in [9.17, 15) is 0 Å². The Hall–Kier alpha value is -2.47. The quantitative estimate of drug-likeness (QED) is 0.590. The molecule has 0 aliphatic heterocycles. The fraction of sp³-hybridized carbons (Fsp3) is 0.211. The van der Waals surface area contributed by atoms with Crippen LogP contribution in [0, 0.1) is 6.92 Å². The third kappa shape index (κ3) is 4.54. The van der Waals surface area contributed by atoms with Gasteiger partial charge in [-0.1, -0.05) is 41.9 Å². The fourth-order valence-electron chi connectivity index (χ4n) is 2.37. The monoisotopic (exact) mass is 397 g/mol. The van der Waals surface area contributed by atoms with Gasteiger partial charge in [0.25, 0.3) is 0 Å². The molecule has 0 atom stereocenters. The van der Waals surface area contributed by atoms with E-state index in [4.69, 9.17) is 0 Å². The van der Waals surface area contributed by atoms with Gasteiger partial charge in [-0.25, -0.2) is 0 Å². The van der Waals surface area contributed by atoms with Gasteiger partial charge < -0.3 is 10.6 Å². The highest BCUT2D eigenvalue weighted by molar-refractivity contribution is 9.10. The van der Waals surface area contributed by atoms with Crippen molar-refractivity contribution in [2.45, 2.75) is 26.7 Å². The van der Waals surface area contributed by atoms with Crippen molar-refractivity contribution in [3.8, 4) is 0 Å². The molecule has 0 saturated carbocycles. The highest BCUT2D eigenvalue weighted by Crippen LogP contribution is 2.23. The molecule has 2 N–H and O–H groups in total. The van der Waals surface area contributed by atoms with Gasteiger partial charge in [0.05, 0.1) is 6.20 Å². The summed E-state index contributed by atoms with van der Waals surface area (Å²) in [6.07, 6.45) is 1.60. The summed E-state index contributed by atoms with van der Waals surface area (Å²) >= 11 is 3.50. The van der Waals surface area contributed by atoms with Crippen LogP contribution in [0.2, 0.25) is 0 Å². The van der Waals surface area contributed by atoms with E-state index < -0.39 is 0 Å². The third-order valence-electron chi connectivity index (χ3n) is 3.82. The number of aromatic nitrogens is 3. The molecule has 3 aromatic rings. The molecule has 0 unspecified atom stereocenters. The second-order valence-electron chi connectivity index (χ2n) is 6.16. The first-order valence-electron chi connectivity index (χ1n) is 8.11. The van der Waals surface area contributed by atoms with Crippen molar-refractivity contribution in [3.63, 3.8) is 0 Å². The SMILES string of the molecule is Cc1cc(Nc2cnnc(Nc3ccc(C(C)C)cc3)n2)ccc1Br. The van der Waals surface area contributed by atoms with Crippen LogP contribution in [0.4, 0.5) is 23.1 Å². The average Bonchev–Trinajstić information content (AvgIpc) is 2.59. The Bertz CT molecular complexity index is 862. The second kappa shape index (κ2) is 7.61. The van der Waals surface area contributed by atoms with E-state index in [1.165, 1.54) is 5.56 Å². The van der Waals surface area contributed by atoms with Gasteiger partial charge in [-0.3, -0.25) is 0 Å². The zero-order chi connectivity index (χ0) is 17.8. The number of nitrogens with zero attached hydrogens (tertiary/aromatic N) is 3. The highest BCUT2D eigenvalue weighted by atomic mass is 79.9. The molecule has 0 aliphatic carbocycles. The lowest BCUT2D eigenvalue weighted by Crippen LogP contribution is -2.02. The number of anilines is 4. The molecular formula is C19H20BrN5. The van der Waals surface area contributed by atoms with Gasteiger partial charge in [-0.2, -0.15) is 10.1 Å². The molecule has 25 heavy (non-hydrogen) atoms. The summed E-state index contributed by atoms with van der Waals surface area (Å²) in [7, 11) is 0. The van der Waals surface area contributed by atoms with Crippen LogP contribution in [-0.4, -0.2) is 15.2 Å². The van der Waals surface area contributed by atoms with Crippen LogP contribution in [0.15, 0.2) is 53.1 Å². The molecule has 1 heterocycles. The fourth-order valence-corrected chi connectivity index (χ4v) is 2.61. The summed E-state index contributed by atoms with van der Waals surface area (Å²) in [6.45, 7) is 6.39. The van der Waals surface area contributed by atoms with E-state index in [0.29, 0.717) is 17.7 Å². The van der Waals surface area contributed by atoms with Crippen molar-refractivity contribution in [3.05, 3.63) is 64.3 Å². The molecular weight excluding hydrogens is 378 g/mol. The zero-order valence-electron chi connectivity index (χ0n) is 14.4. The van der Waals surface area contributed by atoms with E-state index in [1.54, 1.807) is 6.20 Å². The van der Waals surface area contributed by atoms with Gasteiger partial charge >= 0.3 is 0 Å². The highest BCUT2D eigenvalue weighted by Gasteiger charge is 2.04. The largest absolute Gasteiger partial charge is 0.339 e. The second-order valence-corrected chi connectivity index (χ2v) is 7.01. The molecule has 0 radical (unpaired) electrons. The average molecular weight is 398 g/mol. The van der Waals surface area contributed by atoms with E-state index in [1.807, 2.05) is 37.3 Å². The lowest BCUT2D eigenvalue weighted by Gasteiger charge is -2.10. The lowest BCUT2D eigenvalue weighted by molar-refractivity contribution is 0.867. The summed E-state index contributed by atoms with van der Waals surface area (Å²) < 4.78 is 1.08. The molecule has 0 spiro atoms. The predicted molar refractivity (Wildman–Crippen MR) is 106 cm³/mol. The molecule has 1 aromatic heterocycles. The van der Waals surface area contributed by atoms with Crippen LogP contribution in [0.25, 0.3) is 0 Å². The first kappa shape index (κ1) is 17.4. The number of hydrogen-bond donors (Lipinski definition) is 2. The number of aryl methyl sites for hydroxylation is 1. The van der Waals surface area contributed by atoms with Crippen molar-refractivity contribution >= 4 is 39.1 Å². The van der Waals surface area contributed by atoms with Gasteiger partial charge in [0, 0.05) is 15.8 Å². The van der Waals surface area contributed by atoms with Gasteiger partial charge in [-0.15, -0.1) is 5.10 Å². The number of halogens is 1. The number of nitrogens with one attached hydrogen (secondary N) is 2. The summed E-state index contributed by atoms with van der Waals surface area (Å²) in [5, 5.41) is 14.5. The Kier molecular flexibility index (Phi) is 5.28. The summed E-state index contributed by atoms with van der Waals surface area (Å²) in [4.78, 5) is 4.47. The maximum atomic E-state index is 4.47. The summed E-state index contributed by atoms with van der Waals surface area (Å²) in [5.74, 6) is 1.60. The van der Waals surface area contributed by atoms with Gasteiger partial charge in [0.15, 0.2) is 5.82 Å². The van der Waals surface area contributed by atoms with Crippen LogP contribution in [0.3, 0.4) is 0 Å². The molecule has 6 heteroatoms. The molecule has 0 amide bonds. The Morgan fingerprint density at radius 2 is 1.68 bits per heavy atom. The Balaban J connectivity index is 1.73. The molecule has 0 fully saturated rings. The third-order valence-corrected chi connectivity index (χ3v) is 4.71. The Morgan fingerprint density at radius 3 is 2.36 bits per heavy atom. The standard InChI is InChI=1S/C19H20BrN5/c1-12(2)14-4-6-15(7-5-14)23-19-24-18(11-21-25-19)22-16-8-9-17(20)13(3)10-16/h4-12H,1-3H3,(H2,22,23,24,25). The van der Waals surface area contributed by atoms with Gasteiger partial charge in [-0.05, 0) is 54.3 Å². The van der Waals surface area contributed by atoms with Crippen LogP contribution in [0.1, 0.15) is 30.9 Å². The molecule has 0 aliphatic rings. The minimum Gasteiger partial charge on any atom is -0.339 e. The first-order valence-corrected chi connectivity index (χ1v) is 8.90. The van der Waals surface area contributed by atoms with E-state index >= 15 is 0 Å². The van der Waals surface area contributed by atoms with Crippen LogP contribution in [-0.2, 0) is 0 Å². The maximum absolute atomic E-state index is 4.47. The van der Waals surface area contributed by atoms with E-state index in [-0.39, 0.29) is 0 Å². The normalized spacial score (nSPS) is 10.8. The zero-order valence-corrected chi connectivity index (χ0v) is 16.0. The Morgan fingerprint density at radius 1 is 0.960 bits per heavy atom. The molecule has 0 saturated heterocycles. The minimum atomic E-state index is 0.455. The van der Waals surface area contributed by atoms with E-state index in [0.717, 1.165) is 21.4 Å². The van der Waals surface area contributed by atoms with Gasteiger partial charge in [0.1, 0.15) is 0 Å². The van der Waals surface area contributed by atoms with Crippen LogP contribution >= 0.6 is 15.9 Å². The van der Waals surface area contributed by atoms with Crippen molar-refractivity contribution in [2.75, 3.05) is 10.6 Å². The predicted octanol–water partition coefficient (Wildman–Crippen LogP) is 5.55. The molecule has 3 rings (SSSR count). The van der Waals surface area contributed by atoms with Crippen molar-refractivity contribution in [1.82, 2.24) is 15.2 Å². The smallest absolute Gasteiger partial charge is 0.249 e. The first-order chi connectivity index (χ1) is 12.0. The van der Waals surface area contributed by atoms with E-state index in [2.05, 4.69) is 67.7 Å². The van der Waals surface area contributed by atoms with Crippen molar-refractivity contribution < 1.29 is 0 Å². The summed E-state index contributed by atoms with van der Waals surface area (Å²) in [6, 6.07) is 14.3. The topological polar surface area (TPSA) is 62.7 Å². The lowest BCUT2D eigenvalue weighted by atomic mass is 10.0. The van der Waals surface area contributed by atoms with Crippen LogP contribution in [0.5, 0.6) is 0 Å². The Labute approximate surface area is 156 Å². The molecule has 5 nitrogen and oxygen atoms in total. The molecule has 0 bridgehead atoms. The minimum absolute atomic E-state index is 0.455.